The van der Waals surface area contributed by atoms with E-state index in [4.69, 9.17) is 9.84 Å². The predicted octanol–water partition coefficient (Wildman–Crippen LogP) is 2.24. The van der Waals surface area contributed by atoms with Crippen LogP contribution in [0.25, 0.3) is 0 Å². The molecule has 2 rings (SSSR count). The third kappa shape index (κ3) is 3.87. The average Bonchev–Trinajstić information content (AvgIpc) is 2.95. The van der Waals surface area contributed by atoms with Crippen LogP contribution in [0, 0.1) is 11.8 Å². The van der Waals surface area contributed by atoms with Crippen molar-refractivity contribution in [1.29, 1.82) is 0 Å². The summed E-state index contributed by atoms with van der Waals surface area (Å²) in [6, 6.07) is 5.89. The number of aliphatic hydroxyl groups excluding tert-OH is 1. The Morgan fingerprint density at radius 1 is 1.38 bits per heavy atom. The van der Waals surface area contributed by atoms with Crippen LogP contribution in [0.4, 0.5) is 0 Å². The molecule has 0 amide bonds. The number of aryl methyl sites for hydroxylation is 1. The Hall–Kier alpha value is -2.25. The van der Waals surface area contributed by atoms with Crippen LogP contribution in [0.15, 0.2) is 30.6 Å². The molecule has 4 heteroatoms. The van der Waals surface area contributed by atoms with Gasteiger partial charge in [-0.25, -0.2) is 4.98 Å². The third-order valence-corrected chi connectivity index (χ3v) is 3.21. The molecule has 1 N–H and O–H groups in total. The van der Waals surface area contributed by atoms with E-state index in [0.29, 0.717) is 13.0 Å². The molecule has 0 saturated carbocycles. The van der Waals surface area contributed by atoms with Gasteiger partial charge in [-0.1, -0.05) is 18.8 Å². The van der Waals surface area contributed by atoms with Crippen molar-refractivity contribution in [2.45, 2.75) is 26.3 Å². The first-order valence-corrected chi connectivity index (χ1v) is 7.05. The number of imidazole rings is 1. The number of aliphatic hydroxyl groups is 1. The second-order valence-corrected chi connectivity index (χ2v) is 4.63. The van der Waals surface area contributed by atoms with Crippen molar-refractivity contribution in [3.05, 3.63) is 47.5 Å². The van der Waals surface area contributed by atoms with E-state index in [1.165, 1.54) is 0 Å². The van der Waals surface area contributed by atoms with Crippen molar-refractivity contribution in [3.63, 3.8) is 0 Å². The Bertz CT molecular complexity index is 650. The Morgan fingerprint density at radius 2 is 2.24 bits per heavy atom. The third-order valence-electron chi connectivity index (χ3n) is 3.21. The highest BCUT2D eigenvalue weighted by atomic mass is 16.5. The minimum Gasteiger partial charge on any atom is -0.496 e. The number of hydrogen-bond acceptors (Lipinski definition) is 3. The number of hydrogen-bond donors (Lipinski definition) is 1. The molecule has 110 valence electrons. The van der Waals surface area contributed by atoms with E-state index < -0.39 is 0 Å². The molecule has 2 aromatic rings. The van der Waals surface area contributed by atoms with Crippen LogP contribution in [0.2, 0.25) is 0 Å². The van der Waals surface area contributed by atoms with E-state index in [9.17, 15) is 0 Å². The van der Waals surface area contributed by atoms with Gasteiger partial charge in [0.1, 0.15) is 11.6 Å². The fourth-order valence-electron chi connectivity index (χ4n) is 2.18. The Morgan fingerprint density at radius 3 is 2.95 bits per heavy atom. The van der Waals surface area contributed by atoms with Crippen LogP contribution in [0.1, 0.15) is 30.3 Å². The highest BCUT2D eigenvalue weighted by Gasteiger charge is 2.07. The van der Waals surface area contributed by atoms with Crippen molar-refractivity contribution in [2.24, 2.45) is 0 Å². The van der Waals surface area contributed by atoms with Gasteiger partial charge in [-0.05, 0) is 18.2 Å². The lowest BCUT2D eigenvalue weighted by molar-refractivity contribution is 0.305. The summed E-state index contributed by atoms with van der Waals surface area (Å²) in [5, 5.41) is 8.78. The van der Waals surface area contributed by atoms with Gasteiger partial charge in [0.25, 0.3) is 0 Å². The zero-order valence-electron chi connectivity index (χ0n) is 12.5. The molecule has 0 saturated heterocycles. The van der Waals surface area contributed by atoms with Gasteiger partial charge in [0.15, 0.2) is 0 Å². The van der Waals surface area contributed by atoms with Crippen molar-refractivity contribution in [2.75, 3.05) is 13.7 Å². The first-order valence-electron chi connectivity index (χ1n) is 7.05. The van der Waals surface area contributed by atoms with Crippen molar-refractivity contribution < 1.29 is 9.84 Å². The van der Waals surface area contributed by atoms with Gasteiger partial charge < -0.3 is 14.4 Å². The molecule has 0 aliphatic heterocycles. The van der Waals surface area contributed by atoms with E-state index in [2.05, 4.69) is 28.3 Å². The SMILES string of the molecule is CCc1nccn1Cc1cc(C#CCCO)ccc1OC. The monoisotopic (exact) mass is 284 g/mol. The molecule has 1 aromatic heterocycles. The molecule has 0 radical (unpaired) electrons. The van der Waals surface area contributed by atoms with Crippen LogP contribution in [0.5, 0.6) is 5.75 Å². The minimum atomic E-state index is 0.0882. The van der Waals surface area contributed by atoms with Crippen LogP contribution >= 0.6 is 0 Å². The summed E-state index contributed by atoms with van der Waals surface area (Å²) in [6.45, 7) is 2.89. The normalized spacial score (nSPS) is 10.0. The first kappa shape index (κ1) is 15.1. The van der Waals surface area contributed by atoms with Crippen molar-refractivity contribution in [3.8, 4) is 17.6 Å². The maximum Gasteiger partial charge on any atom is 0.123 e. The average molecular weight is 284 g/mol. The first-order chi connectivity index (χ1) is 10.3. The lowest BCUT2D eigenvalue weighted by Crippen LogP contribution is -2.05. The molecule has 1 heterocycles. The van der Waals surface area contributed by atoms with E-state index >= 15 is 0 Å². The topological polar surface area (TPSA) is 47.3 Å². The highest BCUT2D eigenvalue weighted by Crippen LogP contribution is 2.21. The smallest absolute Gasteiger partial charge is 0.123 e. The molecular formula is C17H20N2O2. The number of benzene rings is 1. The van der Waals surface area contributed by atoms with E-state index in [1.807, 2.05) is 30.6 Å². The summed E-state index contributed by atoms with van der Waals surface area (Å²) in [7, 11) is 1.67. The summed E-state index contributed by atoms with van der Waals surface area (Å²) >= 11 is 0. The van der Waals surface area contributed by atoms with Gasteiger partial charge in [-0.15, -0.1) is 0 Å². The Labute approximate surface area is 125 Å². The molecule has 0 atom stereocenters. The molecule has 0 aliphatic carbocycles. The van der Waals surface area contributed by atoms with Crippen LogP contribution in [-0.2, 0) is 13.0 Å². The molecule has 1 aromatic carbocycles. The van der Waals surface area contributed by atoms with E-state index in [-0.39, 0.29) is 6.61 Å². The number of ether oxygens (including phenoxy) is 1. The summed E-state index contributed by atoms with van der Waals surface area (Å²) in [6.07, 6.45) is 5.17. The van der Waals surface area contributed by atoms with Gasteiger partial charge in [0.05, 0.1) is 20.3 Å². The maximum atomic E-state index is 8.78. The Balaban J connectivity index is 2.28. The second-order valence-electron chi connectivity index (χ2n) is 4.63. The number of aromatic nitrogens is 2. The molecule has 21 heavy (non-hydrogen) atoms. The van der Waals surface area contributed by atoms with Gasteiger partial charge in [-0.3, -0.25) is 0 Å². The van der Waals surface area contributed by atoms with Gasteiger partial charge in [0.2, 0.25) is 0 Å². The van der Waals surface area contributed by atoms with Crippen LogP contribution < -0.4 is 4.74 Å². The van der Waals surface area contributed by atoms with Crippen LogP contribution in [0.3, 0.4) is 0 Å². The van der Waals surface area contributed by atoms with Gasteiger partial charge in [-0.2, -0.15) is 0 Å². The zero-order chi connectivity index (χ0) is 15.1. The standard InChI is InChI=1S/C17H20N2O2/c1-3-17-18-9-10-19(17)13-15-12-14(6-4-5-11-20)7-8-16(15)21-2/h7-10,12,20H,3,5,11,13H2,1-2H3. The fourth-order valence-corrected chi connectivity index (χ4v) is 2.18. The fraction of sp³-hybridized carbons (Fsp3) is 0.353. The second kappa shape index (κ2) is 7.51. The summed E-state index contributed by atoms with van der Waals surface area (Å²) in [5.41, 5.74) is 2.00. The van der Waals surface area contributed by atoms with Crippen LogP contribution in [-0.4, -0.2) is 28.4 Å². The molecule has 0 bridgehead atoms. The maximum absolute atomic E-state index is 8.78. The summed E-state index contributed by atoms with van der Waals surface area (Å²) in [4.78, 5) is 4.34. The number of nitrogens with zero attached hydrogens (tertiary/aromatic N) is 2. The summed E-state index contributed by atoms with van der Waals surface area (Å²) < 4.78 is 7.54. The Kier molecular flexibility index (Phi) is 5.42. The highest BCUT2D eigenvalue weighted by molar-refractivity contribution is 5.44. The predicted molar refractivity (Wildman–Crippen MR) is 82.3 cm³/mol. The van der Waals surface area contributed by atoms with Gasteiger partial charge in [0, 0.05) is 36.4 Å². The van der Waals surface area contributed by atoms with Crippen molar-refractivity contribution >= 4 is 0 Å². The lowest BCUT2D eigenvalue weighted by Gasteiger charge is -2.11. The quantitative estimate of drug-likeness (QED) is 0.857. The summed E-state index contributed by atoms with van der Waals surface area (Å²) in [5.74, 6) is 7.89. The number of methoxy groups -OCH3 is 1. The molecule has 0 fully saturated rings. The van der Waals surface area contributed by atoms with E-state index in [1.54, 1.807) is 7.11 Å². The number of rotatable bonds is 5. The van der Waals surface area contributed by atoms with E-state index in [0.717, 1.165) is 29.1 Å². The molecule has 0 spiro atoms. The molecule has 4 nitrogen and oxygen atoms in total. The molecule has 0 unspecified atom stereocenters. The molecular weight excluding hydrogens is 264 g/mol. The largest absolute Gasteiger partial charge is 0.496 e. The van der Waals surface area contributed by atoms with Gasteiger partial charge >= 0.3 is 0 Å². The molecule has 0 aliphatic rings. The lowest BCUT2D eigenvalue weighted by atomic mass is 10.1. The minimum absolute atomic E-state index is 0.0882. The zero-order valence-corrected chi connectivity index (χ0v) is 12.5. The van der Waals surface area contributed by atoms with Crippen molar-refractivity contribution in [1.82, 2.24) is 9.55 Å².